The zero-order valence-corrected chi connectivity index (χ0v) is 10.5. The second-order valence-corrected chi connectivity index (χ2v) is 5.15. The number of anilines is 2. The third-order valence-corrected chi connectivity index (χ3v) is 3.57. The number of nitrogens with two attached hydrogens (primary N) is 1. The average Bonchev–Trinajstić information content (AvgIpc) is 2.36. The lowest BCUT2D eigenvalue weighted by molar-refractivity contribution is -0.137. The standard InChI is InChI=1S/C13H16N2O4/c14-9-1-2-11-10(3-9)15(12(17)4-19-11)5-13(6-16)7-18-8-13/h1-3,16H,4-8,14H2. The quantitative estimate of drug-likeness (QED) is 0.751. The minimum absolute atomic E-state index is 0.00468. The molecule has 6 heteroatoms. The Hall–Kier alpha value is -1.79. The maximum Gasteiger partial charge on any atom is 0.265 e. The molecule has 19 heavy (non-hydrogen) atoms. The van der Waals surface area contributed by atoms with Crippen molar-refractivity contribution in [2.45, 2.75) is 0 Å². The lowest BCUT2D eigenvalue weighted by Gasteiger charge is -2.44. The first kappa shape index (κ1) is 12.3. The molecular weight excluding hydrogens is 248 g/mol. The molecule has 0 spiro atoms. The number of aliphatic hydroxyl groups is 1. The monoisotopic (exact) mass is 264 g/mol. The smallest absolute Gasteiger partial charge is 0.265 e. The van der Waals surface area contributed by atoms with Crippen LogP contribution in [-0.4, -0.2) is 44.0 Å². The summed E-state index contributed by atoms with van der Waals surface area (Å²) >= 11 is 0. The summed E-state index contributed by atoms with van der Waals surface area (Å²) in [5.41, 5.74) is 6.64. The molecule has 0 atom stereocenters. The Balaban J connectivity index is 1.92. The molecule has 1 saturated heterocycles. The van der Waals surface area contributed by atoms with E-state index in [1.807, 2.05) is 0 Å². The highest BCUT2D eigenvalue weighted by molar-refractivity contribution is 5.98. The number of carbonyl (C=O) groups excluding carboxylic acids is 1. The van der Waals surface area contributed by atoms with Gasteiger partial charge < -0.3 is 25.2 Å². The lowest BCUT2D eigenvalue weighted by Crippen LogP contribution is -2.56. The van der Waals surface area contributed by atoms with Crippen LogP contribution in [0, 0.1) is 5.41 Å². The summed E-state index contributed by atoms with van der Waals surface area (Å²) in [4.78, 5) is 13.7. The molecule has 3 rings (SSSR count). The minimum atomic E-state index is -0.366. The molecule has 1 fully saturated rings. The van der Waals surface area contributed by atoms with Gasteiger partial charge in [0.15, 0.2) is 6.61 Å². The number of hydrogen-bond acceptors (Lipinski definition) is 5. The van der Waals surface area contributed by atoms with Gasteiger partial charge in [-0.2, -0.15) is 0 Å². The molecule has 0 bridgehead atoms. The lowest BCUT2D eigenvalue weighted by atomic mass is 9.86. The van der Waals surface area contributed by atoms with Gasteiger partial charge in [0, 0.05) is 12.2 Å². The van der Waals surface area contributed by atoms with Gasteiger partial charge in [0.05, 0.1) is 30.9 Å². The highest BCUT2D eigenvalue weighted by atomic mass is 16.5. The van der Waals surface area contributed by atoms with Gasteiger partial charge in [0.1, 0.15) is 5.75 Å². The summed E-state index contributed by atoms with van der Waals surface area (Å²) in [7, 11) is 0. The summed E-state index contributed by atoms with van der Waals surface area (Å²) in [6.45, 7) is 1.36. The fourth-order valence-electron chi connectivity index (χ4n) is 2.35. The van der Waals surface area contributed by atoms with Crippen LogP contribution in [0.1, 0.15) is 0 Å². The number of rotatable bonds is 3. The van der Waals surface area contributed by atoms with E-state index in [1.54, 1.807) is 23.1 Å². The molecule has 2 heterocycles. The summed E-state index contributed by atoms with van der Waals surface area (Å²) in [5, 5.41) is 9.48. The van der Waals surface area contributed by atoms with Crippen molar-refractivity contribution in [3.63, 3.8) is 0 Å². The van der Waals surface area contributed by atoms with Crippen molar-refractivity contribution in [3.8, 4) is 5.75 Å². The number of amides is 1. The summed E-state index contributed by atoms with van der Waals surface area (Å²) in [5.74, 6) is 0.514. The first-order valence-electron chi connectivity index (χ1n) is 6.15. The molecule has 6 nitrogen and oxygen atoms in total. The van der Waals surface area contributed by atoms with Crippen LogP contribution >= 0.6 is 0 Å². The van der Waals surface area contributed by atoms with E-state index in [9.17, 15) is 9.90 Å². The molecule has 0 saturated carbocycles. The van der Waals surface area contributed by atoms with E-state index in [2.05, 4.69) is 0 Å². The molecule has 1 amide bonds. The minimum Gasteiger partial charge on any atom is -0.482 e. The van der Waals surface area contributed by atoms with Crippen molar-refractivity contribution in [2.75, 3.05) is 43.6 Å². The van der Waals surface area contributed by atoms with Crippen LogP contribution in [0.15, 0.2) is 18.2 Å². The molecule has 2 aliphatic rings. The third-order valence-electron chi connectivity index (χ3n) is 3.57. The first-order chi connectivity index (χ1) is 9.13. The number of nitrogens with zero attached hydrogens (tertiary/aromatic N) is 1. The Bertz CT molecular complexity index is 508. The number of aliphatic hydroxyl groups excluding tert-OH is 1. The normalized spacial score (nSPS) is 20.5. The van der Waals surface area contributed by atoms with Crippen LogP contribution in [0.25, 0.3) is 0 Å². The molecule has 0 aliphatic carbocycles. The van der Waals surface area contributed by atoms with E-state index in [1.165, 1.54) is 0 Å². The SMILES string of the molecule is Nc1ccc2c(c1)N(CC1(CO)COC1)C(=O)CO2. The summed E-state index contributed by atoms with van der Waals surface area (Å²) in [6, 6.07) is 5.21. The molecule has 102 valence electrons. The highest BCUT2D eigenvalue weighted by Crippen LogP contribution is 2.37. The Morgan fingerprint density at radius 3 is 2.84 bits per heavy atom. The summed E-state index contributed by atoms with van der Waals surface area (Å²) in [6.07, 6.45) is 0. The van der Waals surface area contributed by atoms with Crippen LogP contribution in [0.3, 0.4) is 0 Å². The van der Waals surface area contributed by atoms with Crippen molar-refractivity contribution >= 4 is 17.3 Å². The van der Waals surface area contributed by atoms with Crippen LogP contribution in [0.5, 0.6) is 5.75 Å². The molecule has 0 aromatic heterocycles. The summed E-state index contributed by atoms with van der Waals surface area (Å²) < 4.78 is 10.5. The molecular formula is C13H16N2O4. The molecule has 3 N–H and O–H groups in total. The fourth-order valence-corrected chi connectivity index (χ4v) is 2.35. The second-order valence-electron chi connectivity index (χ2n) is 5.15. The first-order valence-corrected chi connectivity index (χ1v) is 6.15. The van der Waals surface area contributed by atoms with Gasteiger partial charge in [-0.15, -0.1) is 0 Å². The van der Waals surface area contributed by atoms with Gasteiger partial charge >= 0.3 is 0 Å². The molecule has 1 aromatic rings. The highest BCUT2D eigenvalue weighted by Gasteiger charge is 2.42. The molecule has 0 radical (unpaired) electrons. The molecule has 2 aliphatic heterocycles. The predicted octanol–water partition coefficient (Wildman–Crippen LogP) is 0.00310. The zero-order valence-electron chi connectivity index (χ0n) is 10.5. The Labute approximate surface area is 110 Å². The van der Waals surface area contributed by atoms with Crippen LogP contribution in [0.2, 0.25) is 0 Å². The van der Waals surface area contributed by atoms with Gasteiger partial charge in [-0.3, -0.25) is 4.79 Å². The van der Waals surface area contributed by atoms with Crippen LogP contribution in [0.4, 0.5) is 11.4 Å². The number of ether oxygens (including phenoxy) is 2. The number of fused-ring (bicyclic) bond motifs is 1. The van der Waals surface area contributed by atoms with Gasteiger partial charge in [-0.05, 0) is 18.2 Å². The van der Waals surface area contributed by atoms with E-state index in [0.717, 1.165) is 0 Å². The van der Waals surface area contributed by atoms with Gasteiger partial charge in [-0.1, -0.05) is 0 Å². The van der Waals surface area contributed by atoms with E-state index in [0.29, 0.717) is 36.9 Å². The maximum atomic E-state index is 12.0. The fraction of sp³-hybridized carbons (Fsp3) is 0.462. The van der Waals surface area contributed by atoms with Gasteiger partial charge in [-0.25, -0.2) is 0 Å². The van der Waals surface area contributed by atoms with Crippen molar-refractivity contribution in [3.05, 3.63) is 18.2 Å². The largest absolute Gasteiger partial charge is 0.482 e. The Kier molecular flexibility index (Phi) is 2.83. The average molecular weight is 264 g/mol. The van der Waals surface area contributed by atoms with E-state index in [4.69, 9.17) is 15.2 Å². The zero-order chi connectivity index (χ0) is 13.5. The number of nitrogen functional groups attached to an aromatic ring is 1. The maximum absolute atomic E-state index is 12.0. The van der Waals surface area contributed by atoms with E-state index >= 15 is 0 Å². The molecule has 0 unspecified atom stereocenters. The molecule has 1 aromatic carbocycles. The Morgan fingerprint density at radius 2 is 2.21 bits per heavy atom. The number of carbonyl (C=O) groups is 1. The van der Waals surface area contributed by atoms with E-state index < -0.39 is 0 Å². The number of hydrogen-bond donors (Lipinski definition) is 2. The van der Waals surface area contributed by atoms with Crippen LogP contribution in [-0.2, 0) is 9.53 Å². The van der Waals surface area contributed by atoms with Crippen molar-refractivity contribution in [1.29, 1.82) is 0 Å². The van der Waals surface area contributed by atoms with Gasteiger partial charge in [0.2, 0.25) is 0 Å². The van der Waals surface area contributed by atoms with Gasteiger partial charge in [0.25, 0.3) is 5.91 Å². The van der Waals surface area contributed by atoms with Crippen LogP contribution < -0.4 is 15.4 Å². The van der Waals surface area contributed by atoms with Crippen molar-refractivity contribution in [2.24, 2.45) is 5.41 Å². The van der Waals surface area contributed by atoms with Crippen molar-refractivity contribution in [1.82, 2.24) is 0 Å². The Morgan fingerprint density at radius 1 is 1.42 bits per heavy atom. The second kappa shape index (κ2) is 4.40. The predicted molar refractivity (Wildman–Crippen MR) is 69.0 cm³/mol. The number of benzene rings is 1. The van der Waals surface area contributed by atoms with Crippen molar-refractivity contribution < 1.29 is 19.4 Å². The van der Waals surface area contributed by atoms with E-state index in [-0.39, 0.29) is 24.5 Å². The third kappa shape index (κ3) is 2.02. The topological polar surface area (TPSA) is 85.0 Å².